The van der Waals surface area contributed by atoms with Crippen LogP contribution in [-0.4, -0.2) is 17.6 Å². The Balaban J connectivity index is 1.82. The van der Waals surface area contributed by atoms with Gasteiger partial charge in [-0.3, -0.25) is 0 Å². The number of halogens is 1. The summed E-state index contributed by atoms with van der Waals surface area (Å²) in [6.45, 7) is 6.79. The molecule has 2 rings (SSSR count). The predicted octanol–water partition coefficient (Wildman–Crippen LogP) is 3.99. The van der Waals surface area contributed by atoms with Gasteiger partial charge < -0.3 is 4.74 Å². The van der Waals surface area contributed by atoms with E-state index in [0.717, 1.165) is 12.3 Å². The Morgan fingerprint density at radius 3 is 2.47 bits per heavy atom. The molecule has 0 N–H and O–H groups in total. The fraction of sp³-hybridized carbons (Fsp3) is 1.00. The molecule has 0 spiro atoms. The Hall–Kier alpha value is 0.250. The van der Waals surface area contributed by atoms with Crippen LogP contribution >= 0.6 is 11.6 Å². The zero-order chi connectivity index (χ0) is 11.1. The minimum Gasteiger partial charge on any atom is -0.374 e. The standard InChI is InChI=1S/C13H23ClO/c1-9-5-4-6-10(7-9)15-12-8-11(14)13(12,2)3/h9-12H,4-8H2,1-3H3. The van der Waals surface area contributed by atoms with E-state index < -0.39 is 0 Å². The fourth-order valence-electron chi connectivity index (χ4n) is 2.80. The van der Waals surface area contributed by atoms with Gasteiger partial charge in [-0.2, -0.15) is 0 Å². The molecule has 2 heteroatoms. The minimum absolute atomic E-state index is 0.183. The van der Waals surface area contributed by atoms with E-state index in [1.807, 2.05) is 0 Å². The maximum absolute atomic E-state index is 6.20. The van der Waals surface area contributed by atoms with Gasteiger partial charge in [-0.15, -0.1) is 11.6 Å². The van der Waals surface area contributed by atoms with Gasteiger partial charge in [-0.25, -0.2) is 0 Å². The molecule has 4 unspecified atom stereocenters. The number of rotatable bonds is 2. The normalized spacial score (nSPS) is 44.8. The molecule has 0 aromatic heterocycles. The zero-order valence-electron chi connectivity index (χ0n) is 10.1. The maximum Gasteiger partial charge on any atom is 0.0658 e. The van der Waals surface area contributed by atoms with Crippen LogP contribution in [0.1, 0.15) is 52.9 Å². The topological polar surface area (TPSA) is 9.23 Å². The maximum atomic E-state index is 6.20. The van der Waals surface area contributed by atoms with Crippen molar-refractivity contribution >= 4 is 11.6 Å². The molecule has 0 radical (unpaired) electrons. The second-order valence-corrected chi connectivity index (χ2v) is 6.57. The molecule has 0 bridgehead atoms. The SMILES string of the molecule is CC1CCCC(OC2CC(Cl)C2(C)C)C1. The third kappa shape index (κ3) is 2.34. The lowest BCUT2D eigenvalue weighted by Crippen LogP contribution is -2.53. The van der Waals surface area contributed by atoms with Gasteiger partial charge in [-0.05, 0) is 25.2 Å². The number of hydrogen-bond acceptors (Lipinski definition) is 1. The van der Waals surface area contributed by atoms with Gasteiger partial charge in [0.15, 0.2) is 0 Å². The molecule has 2 saturated carbocycles. The Morgan fingerprint density at radius 2 is 1.93 bits per heavy atom. The van der Waals surface area contributed by atoms with Crippen LogP contribution in [0.25, 0.3) is 0 Å². The first-order chi connectivity index (χ1) is 7.00. The van der Waals surface area contributed by atoms with Crippen LogP contribution in [0.2, 0.25) is 0 Å². The van der Waals surface area contributed by atoms with Crippen molar-refractivity contribution in [2.75, 3.05) is 0 Å². The number of hydrogen-bond donors (Lipinski definition) is 0. The van der Waals surface area contributed by atoms with Gasteiger partial charge in [0.25, 0.3) is 0 Å². The van der Waals surface area contributed by atoms with Crippen molar-refractivity contribution < 1.29 is 4.74 Å². The van der Waals surface area contributed by atoms with Crippen LogP contribution in [0.5, 0.6) is 0 Å². The quantitative estimate of drug-likeness (QED) is 0.652. The zero-order valence-corrected chi connectivity index (χ0v) is 10.9. The fourth-order valence-corrected chi connectivity index (χ4v) is 3.10. The van der Waals surface area contributed by atoms with Gasteiger partial charge in [0.2, 0.25) is 0 Å². The lowest BCUT2D eigenvalue weighted by atomic mass is 9.68. The summed E-state index contributed by atoms with van der Waals surface area (Å²) in [4.78, 5) is 0. The molecule has 2 aliphatic rings. The summed E-state index contributed by atoms with van der Waals surface area (Å²) in [7, 11) is 0. The highest BCUT2D eigenvalue weighted by atomic mass is 35.5. The second-order valence-electron chi connectivity index (χ2n) is 6.04. The van der Waals surface area contributed by atoms with Gasteiger partial charge in [-0.1, -0.05) is 33.6 Å². The smallest absolute Gasteiger partial charge is 0.0658 e. The molecular formula is C13H23ClO. The number of ether oxygens (including phenoxy) is 1. The third-order valence-electron chi connectivity index (χ3n) is 4.30. The van der Waals surface area contributed by atoms with E-state index in [1.54, 1.807) is 0 Å². The molecule has 0 amide bonds. The summed E-state index contributed by atoms with van der Waals surface area (Å²) >= 11 is 6.20. The van der Waals surface area contributed by atoms with E-state index in [0.29, 0.717) is 17.6 Å². The first-order valence-electron chi connectivity index (χ1n) is 6.29. The first-order valence-corrected chi connectivity index (χ1v) is 6.73. The van der Waals surface area contributed by atoms with Crippen LogP contribution in [0.15, 0.2) is 0 Å². The van der Waals surface area contributed by atoms with Gasteiger partial charge in [0, 0.05) is 10.8 Å². The molecule has 88 valence electrons. The van der Waals surface area contributed by atoms with E-state index in [4.69, 9.17) is 16.3 Å². The molecule has 0 aromatic carbocycles. The highest BCUT2D eigenvalue weighted by molar-refractivity contribution is 6.21. The second kappa shape index (κ2) is 4.25. The Morgan fingerprint density at radius 1 is 1.20 bits per heavy atom. The predicted molar refractivity (Wildman–Crippen MR) is 64.3 cm³/mol. The minimum atomic E-state index is 0.183. The Bertz CT molecular complexity index is 227. The number of alkyl halides is 1. The molecule has 0 aliphatic heterocycles. The third-order valence-corrected chi connectivity index (χ3v) is 5.04. The largest absolute Gasteiger partial charge is 0.374 e. The van der Waals surface area contributed by atoms with Crippen molar-refractivity contribution in [2.45, 2.75) is 70.5 Å². The highest BCUT2D eigenvalue weighted by Crippen LogP contribution is 2.47. The van der Waals surface area contributed by atoms with E-state index in [1.165, 1.54) is 25.7 Å². The van der Waals surface area contributed by atoms with Crippen LogP contribution in [0.4, 0.5) is 0 Å². The van der Waals surface area contributed by atoms with Gasteiger partial charge in [0.1, 0.15) is 0 Å². The molecule has 15 heavy (non-hydrogen) atoms. The van der Waals surface area contributed by atoms with E-state index in [9.17, 15) is 0 Å². The molecule has 2 aliphatic carbocycles. The van der Waals surface area contributed by atoms with Crippen LogP contribution < -0.4 is 0 Å². The Labute approximate surface area is 98.5 Å². The summed E-state index contributed by atoms with van der Waals surface area (Å²) in [6, 6.07) is 0. The van der Waals surface area contributed by atoms with Crippen molar-refractivity contribution in [3.05, 3.63) is 0 Å². The average Bonchev–Trinajstić information content (AvgIpc) is 2.17. The average molecular weight is 231 g/mol. The van der Waals surface area contributed by atoms with E-state index in [-0.39, 0.29) is 5.41 Å². The molecule has 1 nitrogen and oxygen atoms in total. The molecule has 0 aromatic rings. The van der Waals surface area contributed by atoms with E-state index in [2.05, 4.69) is 20.8 Å². The van der Waals surface area contributed by atoms with Crippen LogP contribution in [-0.2, 0) is 4.74 Å². The van der Waals surface area contributed by atoms with Crippen molar-refractivity contribution in [2.24, 2.45) is 11.3 Å². The van der Waals surface area contributed by atoms with Crippen LogP contribution in [0.3, 0.4) is 0 Å². The summed E-state index contributed by atoms with van der Waals surface area (Å²) in [6.07, 6.45) is 7.16. The van der Waals surface area contributed by atoms with Crippen molar-refractivity contribution in [3.63, 3.8) is 0 Å². The monoisotopic (exact) mass is 230 g/mol. The molecule has 0 heterocycles. The summed E-state index contributed by atoms with van der Waals surface area (Å²) in [5, 5.41) is 0.309. The highest BCUT2D eigenvalue weighted by Gasteiger charge is 2.48. The lowest BCUT2D eigenvalue weighted by Gasteiger charge is -2.50. The van der Waals surface area contributed by atoms with Crippen molar-refractivity contribution in [1.82, 2.24) is 0 Å². The van der Waals surface area contributed by atoms with Gasteiger partial charge >= 0.3 is 0 Å². The molecule has 4 atom stereocenters. The van der Waals surface area contributed by atoms with E-state index >= 15 is 0 Å². The van der Waals surface area contributed by atoms with Crippen LogP contribution in [0, 0.1) is 11.3 Å². The van der Waals surface area contributed by atoms with Crippen molar-refractivity contribution in [3.8, 4) is 0 Å². The first kappa shape index (κ1) is 11.7. The summed E-state index contributed by atoms with van der Waals surface area (Å²) in [5.41, 5.74) is 0.183. The van der Waals surface area contributed by atoms with Gasteiger partial charge in [0.05, 0.1) is 12.2 Å². The van der Waals surface area contributed by atoms with Crippen molar-refractivity contribution in [1.29, 1.82) is 0 Å². The summed E-state index contributed by atoms with van der Waals surface area (Å²) < 4.78 is 6.20. The summed E-state index contributed by atoms with van der Waals surface area (Å²) in [5.74, 6) is 0.846. The lowest BCUT2D eigenvalue weighted by molar-refractivity contribution is -0.136. The molecule has 2 fully saturated rings. The Kier molecular flexibility index (Phi) is 3.33. The molecular weight excluding hydrogens is 208 g/mol. The molecule has 0 saturated heterocycles.